The second kappa shape index (κ2) is 4.58. The SMILES string of the molecule is CSC1CN(OC(=O)C(F)(F)F)CC1O. The van der Waals surface area contributed by atoms with E-state index in [1.54, 1.807) is 6.26 Å². The molecule has 0 aliphatic carbocycles. The Kier molecular flexibility index (Phi) is 3.85. The van der Waals surface area contributed by atoms with Crippen LogP contribution in [0.2, 0.25) is 0 Å². The molecule has 1 heterocycles. The molecule has 0 bridgehead atoms. The van der Waals surface area contributed by atoms with E-state index in [0.717, 1.165) is 5.06 Å². The summed E-state index contributed by atoms with van der Waals surface area (Å²) in [5.74, 6) is -2.25. The molecule has 88 valence electrons. The minimum atomic E-state index is -5.00. The molecule has 1 aliphatic rings. The standard InChI is InChI=1S/C7H10F3NO3S/c1-15-5-3-11(2-4(5)12)14-6(13)7(8,9)10/h4-5,12H,2-3H2,1H3. The van der Waals surface area contributed by atoms with E-state index in [4.69, 9.17) is 0 Å². The molecule has 15 heavy (non-hydrogen) atoms. The number of aliphatic hydroxyl groups excluding tert-OH is 1. The zero-order valence-electron chi connectivity index (χ0n) is 7.82. The average molecular weight is 245 g/mol. The summed E-state index contributed by atoms with van der Waals surface area (Å²) in [6.45, 7) is 0.0114. The quantitative estimate of drug-likeness (QED) is 0.764. The Hall–Kier alpha value is -0.470. The molecule has 1 rings (SSSR count). The van der Waals surface area contributed by atoms with E-state index >= 15 is 0 Å². The van der Waals surface area contributed by atoms with Gasteiger partial charge >= 0.3 is 12.1 Å². The Morgan fingerprint density at radius 2 is 2.13 bits per heavy atom. The topological polar surface area (TPSA) is 49.8 Å². The van der Waals surface area contributed by atoms with Gasteiger partial charge < -0.3 is 9.94 Å². The van der Waals surface area contributed by atoms with Gasteiger partial charge in [-0.2, -0.15) is 24.9 Å². The third kappa shape index (κ3) is 3.25. The third-order valence-electron chi connectivity index (χ3n) is 1.95. The molecule has 2 atom stereocenters. The number of hydrogen-bond acceptors (Lipinski definition) is 5. The fourth-order valence-corrected chi connectivity index (χ4v) is 1.91. The summed E-state index contributed by atoms with van der Waals surface area (Å²) in [6.07, 6.45) is -4.05. The van der Waals surface area contributed by atoms with Crippen LogP contribution in [-0.4, -0.2) is 53.0 Å². The molecule has 1 saturated heterocycles. The fourth-order valence-electron chi connectivity index (χ4n) is 1.20. The zero-order chi connectivity index (χ0) is 11.6. The minimum absolute atomic E-state index is 0.0900. The molecule has 0 aromatic rings. The van der Waals surface area contributed by atoms with Gasteiger partial charge in [0, 0.05) is 11.8 Å². The van der Waals surface area contributed by atoms with Crippen molar-refractivity contribution in [2.75, 3.05) is 19.3 Å². The normalized spacial score (nSPS) is 28.1. The summed E-state index contributed by atoms with van der Waals surface area (Å²) in [7, 11) is 0. The predicted molar refractivity (Wildman–Crippen MR) is 47.0 cm³/mol. The molecule has 2 unspecified atom stereocenters. The largest absolute Gasteiger partial charge is 0.492 e. The first kappa shape index (κ1) is 12.6. The van der Waals surface area contributed by atoms with Gasteiger partial charge in [-0.15, -0.1) is 5.06 Å². The Balaban J connectivity index is 2.46. The first-order chi connectivity index (χ1) is 6.84. The van der Waals surface area contributed by atoms with Crippen LogP contribution >= 0.6 is 11.8 Å². The number of halogens is 3. The first-order valence-corrected chi connectivity index (χ1v) is 5.38. The van der Waals surface area contributed by atoms with E-state index in [1.807, 2.05) is 0 Å². The summed E-state index contributed by atoms with van der Waals surface area (Å²) in [4.78, 5) is 14.5. The van der Waals surface area contributed by atoms with Crippen LogP contribution in [0, 0.1) is 0 Å². The first-order valence-electron chi connectivity index (χ1n) is 4.09. The van der Waals surface area contributed by atoms with Crippen molar-refractivity contribution in [1.82, 2.24) is 5.06 Å². The lowest BCUT2D eigenvalue weighted by Crippen LogP contribution is -2.34. The summed E-state index contributed by atoms with van der Waals surface area (Å²) < 4.78 is 35.4. The lowest BCUT2D eigenvalue weighted by Gasteiger charge is -2.15. The number of hydroxylamine groups is 2. The lowest BCUT2D eigenvalue weighted by molar-refractivity contribution is -0.235. The molecule has 0 saturated carbocycles. The lowest BCUT2D eigenvalue weighted by atomic mass is 10.3. The van der Waals surface area contributed by atoms with E-state index in [1.165, 1.54) is 11.8 Å². The highest BCUT2D eigenvalue weighted by molar-refractivity contribution is 7.99. The maximum atomic E-state index is 11.8. The highest BCUT2D eigenvalue weighted by atomic mass is 32.2. The molecule has 1 aliphatic heterocycles. The van der Waals surface area contributed by atoms with Crippen LogP contribution in [0.15, 0.2) is 0 Å². The van der Waals surface area contributed by atoms with Crippen molar-refractivity contribution in [3.05, 3.63) is 0 Å². The molecule has 1 fully saturated rings. The second-order valence-corrected chi connectivity index (χ2v) is 4.14. The molecule has 0 aromatic heterocycles. The number of nitrogens with zero attached hydrogens (tertiary/aromatic N) is 1. The number of carbonyl (C=O) groups is 1. The van der Waals surface area contributed by atoms with Gasteiger partial charge in [0.05, 0.1) is 12.6 Å². The van der Waals surface area contributed by atoms with E-state index < -0.39 is 18.2 Å². The van der Waals surface area contributed by atoms with E-state index in [2.05, 4.69) is 4.84 Å². The van der Waals surface area contributed by atoms with Crippen molar-refractivity contribution >= 4 is 17.7 Å². The van der Waals surface area contributed by atoms with Crippen LogP contribution < -0.4 is 0 Å². The maximum Gasteiger partial charge on any atom is 0.492 e. The van der Waals surface area contributed by atoms with Crippen molar-refractivity contribution in [2.45, 2.75) is 17.5 Å². The van der Waals surface area contributed by atoms with Crippen molar-refractivity contribution in [1.29, 1.82) is 0 Å². The zero-order valence-corrected chi connectivity index (χ0v) is 8.64. The van der Waals surface area contributed by atoms with Crippen molar-refractivity contribution < 1.29 is 27.9 Å². The second-order valence-electron chi connectivity index (χ2n) is 3.06. The molecular formula is C7H10F3NO3S. The van der Waals surface area contributed by atoms with Gasteiger partial charge in [0.25, 0.3) is 0 Å². The number of hydrogen-bond donors (Lipinski definition) is 1. The van der Waals surface area contributed by atoms with E-state index in [-0.39, 0.29) is 18.3 Å². The molecule has 4 nitrogen and oxygen atoms in total. The third-order valence-corrected chi connectivity index (χ3v) is 3.02. The summed E-state index contributed by atoms with van der Waals surface area (Å²) in [6, 6.07) is 0. The molecule has 1 N–H and O–H groups in total. The molecule has 0 spiro atoms. The molecule has 0 radical (unpaired) electrons. The highest BCUT2D eigenvalue weighted by Gasteiger charge is 2.44. The molecule has 0 aromatic carbocycles. The van der Waals surface area contributed by atoms with Gasteiger partial charge in [0.2, 0.25) is 0 Å². The molecular weight excluding hydrogens is 235 g/mol. The number of β-amino-alcohol motifs (C(OH)–C–C–N with tert-alkyl or cyclic N) is 1. The van der Waals surface area contributed by atoms with Crippen LogP contribution in [0.3, 0.4) is 0 Å². The number of rotatable bonds is 2. The van der Waals surface area contributed by atoms with Gasteiger partial charge in [0.15, 0.2) is 0 Å². The predicted octanol–water partition coefficient (Wildman–Crippen LogP) is 0.415. The maximum absolute atomic E-state index is 11.8. The Morgan fingerprint density at radius 1 is 1.53 bits per heavy atom. The average Bonchev–Trinajstić information content (AvgIpc) is 2.44. The summed E-state index contributed by atoms with van der Waals surface area (Å²) in [5.41, 5.74) is 0. The summed E-state index contributed by atoms with van der Waals surface area (Å²) in [5, 5.41) is 9.94. The Labute approximate surface area is 88.3 Å². The van der Waals surface area contributed by atoms with Crippen LogP contribution in [0.25, 0.3) is 0 Å². The Bertz CT molecular complexity index is 248. The number of carbonyl (C=O) groups excluding carboxylic acids is 1. The van der Waals surface area contributed by atoms with Crippen molar-refractivity contribution in [3.63, 3.8) is 0 Å². The minimum Gasteiger partial charge on any atom is -0.390 e. The van der Waals surface area contributed by atoms with E-state index in [0.29, 0.717) is 0 Å². The number of alkyl halides is 3. The molecule has 8 heteroatoms. The van der Waals surface area contributed by atoms with Crippen LogP contribution in [0.1, 0.15) is 0 Å². The van der Waals surface area contributed by atoms with Crippen LogP contribution in [-0.2, 0) is 9.63 Å². The van der Waals surface area contributed by atoms with Crippen LogP contribution in [0.4, 0.5) is 13.2 Å². The van der Waals surface area contributed by atoms with Gasteiger partial charge in [-0.05, 0) is 6.26 Å². The number of thioether (sulfide) groups is 1. The van der Waals surface area contributed by atoms with E-state index in [9.17, 15) is 23.1 Å². The monoisotopic (exact) mass is 245 g/mol. The van der Waals surface area contributed by atoms with Crippen LogP contribution in [0.5, 0.6) is 0 Å². The highest BCUT2D eigenvalue weighted by Crippen LogP contribution is 2.23. The van der Waals surface area contributed by atoms with Crippen molar-refractivity contribution in [3.8, 4) is 0 Å². The smallest absolute Gasteiger partial charge is 0.390 e. The van der Waals surface area contributed by atoms with Gasteiger partial charge in [-0.3, -0.25) is 0 Å². The number of aliphatic hydroxyl groups is 1. The van der Waals surface area contributed by atoms with Gasteiger partial charge in [0.1, 0.15) is 0 Å². The summed E-state index contributed by atoms with van der Waals surface area (Å²) >= 11 is 1.31. The Morgan fingerprint density at radius 3 is 2.53 bits per heavy atom. The van der Waals surface area contributed by atoms with Gasteiger partial charge in [-0.1, -0.05) is 0 Å². The van der Waals surface area contributed by atoms with Crippen molar-refractivity contribution in [2.24, 2.45) is 0 Å². The fraction of sp³-hybridized carbons (Fsp3) is 0.857. The van der Waals surface area contributed by atoms with Gasteiger partial charge in [-0.25, -0.2) is 4.79 Å². The molecule has 0 amide bonds.